The van der Waals surface area contributed by atoms with E-state index in [9.17, 15) is 0 Å². The molecule has 0 bridgehead atoms. The van der Waals surface area contributed by atoms with Gasteiger partial charge >= 0.3 is 0 Å². The quantitative estimate of drug-likeness (QED) is 0.684. The fraction of sp³-hybridized carbons (Fsp3) is 0.294. The van der Waals surface area contributed by atoms with Crippen LogP contribution in [0.15, 0.2) is 46.9 Å². The maximum Gasteiger partial charge on any atom is 0.0638 e. The third kappa shape index (κ3) is 2.72. The highest BCUT2D eigenvalue weighted by atomic mass is 79.9. The molecule has 2 aromatic carbocycles. The van der Waals surface area contributed by atoms with Crippen molar-refractivity contribution >= 4 is 33.2 Å². The van der Waals surface area contributed by atoms with Crippen molar-refractivity contribution in [2.75, 3.05) is 5.32 Å². The molecule has 0 aliphatic heterocycles. The lowest BCUT2D eigenvalue weighted by Crippen LogP contribution is -2.19. The molecule has 0 radical (unpaired) electrons. The van der Waals surface area contributed by atoms with E-state index in [4.69, 9.17) is 11.6 Å². The molecule has 0 saturated carbocycles. The first-order valence-corrected chi connectivity index (χ1v) is 8.12. The van der Waals surface area contributed by atoms with E-state index in [2.05, 4.69) is 52.4 Å². The van der Waals surface area contributed by atoms with E-state index < -0.39 is 0 Å². The maximum absolute atomic E-state index is 6.29. The minimum Gasteiger partial charge on any atom is -0.377 e. The van der Waals surface area contributed by atoms with Crippen LogP contribution in [-0.2, 0) is 0 Å². The van der Waals surface area contributed by atoms with Crippen molar-refractivity contribution in [1.82, 2.24) is 0 Å². The van der Waals surface area contributed by atoms with Gasteiger partial charge in [-0.05, 0) is 48.1 Å². The Labute approximate surface area is 133 Å². The van der Waals surface area contributed by atoms with Gasteiger partial charge in [0.1, 0.15) is 0 Å². The number of fused-ring (bicyclic) bond motifs is 1. The molecular formula is C17H17BrClN. The molecule has 1 nitrogen and oxygen atoms in total. The van der Waals surface area contributed by atoms with Crippen molar-refractivity contribution < 1.29 is 0 Å². The van der Waals surface area contributed by atoms with Gasteiger partial charge in [0, 0.05) is 4.47 Å². The molecule has 0 amide bonds. The molecule has 0 spiro atoms. The molecule has 3 rings (SSSR count). The van der Waals surface area contributed by atoms with E-state index >= 15 is 0 Å². The Morgan fingerprint density at radius 1 is 1.10 bits per heavy atom. The fourth-order valence-electron chi connectivity index (χ4n) is 2.95. The number of halogens is 2. The average molecular weight is 351 g/mol. The summed E-state index contributed by atoms with van der Waals surface area (Å²) >= 11 is 9.79. The van der Waals surface area contributed by atoms with Crippen molar-refractivity contribution in [2.24, 2.45) is 0 Å². The van der Waals surface area contributed by atoms with Crippen LogP contribution in [-0.4, -0.2) is 0 Å². The van der Waals surface area contributed by atoms with Gasteiger partial charge in [-0.15, -0.1) is 0 Å². The number of rotatable bonds is 2. The molecular weight excluding hydrogens is 334 g/mol. The van der Waals surface area contributed by atoms with Gasteiger partial charge in [-0.1, -0.05) is 58.7 Å². The standard InChI is InChI=1S/C17H17BrClN/c1-11-6-9-16(14-5-3-2-4-13(11)14)20-17-10-12(18)7-8-15(17)19/h2-5,7-8,10-11,16,20H,6,9H2,1H3. The van der Waals surface area contributed by atoms with E-state index in [1.807, 2.05) is 18.2 Å². The number of hydrogen-bond donors (Lipinski definition) is 1. The van der Waals surface area contributed by atoms with Gasteiger partial charge in [0.15, 0.2) is 0 Å². The van der Waals surface area contributed by atoms with Gasteiger partial charge in [0.25, 0.3) is 0 Å². The first kappa shape index (κ1) is 14.0. The normalized spacial score (nSPS) is 21.4. The van der Waals surface area contributed by atoms with Crippen LogP contribution in [0.3, 0.4) is 0 Å². The first-order chi connectivity index (χ1) is 9.65. The van der Waals surface area contributed by atoms with Gasteiger partial charge in [0.2, 0.25) is 0 Å². The molecule has 0 fully saturated rings. The van der Waals surface area contributed by atoms with Gasteiger partial charge in [0.05, 0.1) is 16.8 Å². The zero-order chi connectivity index (χ0) is 14.1. The third-order valence-corrected chi connectivity index (χ3v) is 4.87. The average Bonchev–Trinajstić information content (AvgIpc) is 2.46. The molecule has 2 aromatic rings. The van der Waals surface area contributed by atoms with Crippen molar-refractivity contribution in [3.8, 4) is 0 Å². The number of nitrogens with one attached hydrogen (secondary N) is 1. The van der Waals surface area contributed by atoms with E-state index in [1.54, 1.807) is 0 Å². The van der Waals surface area contributed by atoms with Crippen molar-refractivity contribution in [2.45, 2.75) is 31.7 Å². The van der Waals surface area contributed by atoms with E-state index in [-0.39, 0.29) is 0 Å². The van der Waals surface area contributed by atoms with Gasteiger partial charge in [-0.25, -0.2) is 0 Å². The summed E-state index contributed by atoms with van der Waals surface area (Å²) in [6.45, 7) is 2.31. The van der Waals surface area contributed by atoms with Crippen LogP contribution in [0.25, 0.3) is 0 Å². The van der Waals surface area contributed by atoms with Crippen LogP contribution in [0, 0.1) is 0 Å². The smallest absolute Gasteiger partial charge is 0.0638 e. The van der Waals surface area contributed by atoms with Crippen LogP contribution in [0.5, 0.6) is 0 Å². The summed E-state index contributed by atoms with van der Waals surface area (Å²) < 4.78 is 1.04. The molecule has 3 heteroatoms. The summed E-state index contributed by atoms with van der Waals surface area (Å²) in [7, 11) is 0. The summed E-state index contributed by atoms with van der Waals surface area (Å²) in [5, 5.41) is 4.37. The molecule has 20 heavy (non-hydrogen) atoms. The Morgan fingerprint density at radius 2 is 1.85 bits per heavy atom. The second kappa shape index (κ2) is 5.79. The van der Waals surface area contributed by atoms with Crippen LogP contribution in [0.2, 0.25) is 5.02 Å². The van der Waals surface area contributed by atoms with Gasteiger partial charge in [-0.3, -0.25) is 0 Å². The van der Waals surface area contributed by atoms with Crippen molar-refractivity contribution in [3.63, 3.8) is 0 Å². The lowest BCUT2D eigenvalue weighted by molar-refractivity contribution is 0.534. The van der Waals surface area contributed by atoms with Crippen LogP contribution in [0.1, 0.15) is 42.9 Å². The molecule has 1 N–H and O–H groups in total. The molecule has 2 unspecified atom stereocenters. The van der Waals surface area contributed by atoms with E-state index in [1.165, 1.54) is 17.5 Å². The minimum atomic E-state index is 0.342. The summed E-state index contributed by atoms with van der Waals surface area (Å²) in [4.78, 5) is 0. The van der Waals surface area contributed by atoms with Crippen LogP contribution < -0.4 is 5.32 Å². The van der Waals surface area contributed by atoms with Gasteiger partial charge < -0.3 is 5.32 Å². The summed E-state index contributed by atoms with van der Waals surface area (Å²) in [5.41, 5.74) is 3.86. The predicted molar refractivity (Wildman–Crippen MR) is 89.6 cm³/mol. The largest absolute Gasteiger partial charge is 0.377 e. The second-order valence-corrected chi connectivity index (χ2v) is 6.75. The fourth-order valence-corrected chi connectivity index (χ4v) is 3.48. The Morgan fingerprint density at radius 3 is 2.65 bits per heavy atom. The van der Waals surface area contributed by atoms with Crippen LogP contribution in [0.4, 0.5) is 5.69 Å². The number of benzene rings is 2. The Hall–Kier alpha value is -0.990. The molecule has 2 atom stereocenters. The Kier molecular flexibility index (Phi) is 4.04. The monoisotopic (exact) mass is 349 g/mol. The third-order valence-electron chi connectivity index (χ3n) is 4.05. The van der Waals surface area contributed by atoms with Gasteiger partial charge in [-0.2, -0.15) is 0 Å². The summed E-state index contributed by atoms with van der Waals surface area (Å²) in [6.07, 6.45) is 2.35. The summed E-state index contributed by atoms with van der Waals surface area (Å²) in [6, 6.07) is 15.0. The molecule has 0 saturated heterocycles. The highest BCUT2D eigenvalue weighted by Gasteiger charge is 2.24. The highest BCUT2D eigenvalue weighted by molar-refractivity contribution is 9.10. The minimum absolute atomic E-state index is 0.342. The zero-order valence-corrected chi connectivity index (χ0v) is 13.7. The molecule has 104 valence electrons. The van der Waals surface area contributed by atoms with E-state index in [0.29, 0.717) is 12.0 Å². The summed E-state index contributed by atoms with van der Waals surface area (Å²) in [5.74, 6) is 0.641. The molecule has 1 aliphatic rings. The lowest BCUT2D eigenvalue weighted by atomic mass is 9.81. The first-order valence-electron chi connectivity index (χ1n) is 6.95. The Bertz CT molecular complexity index is 626. The second-order valence-electron chi connectivity index (χ2n) is 5.43. The molecule has 0 heterocycles. The molecule has 1 aliphatic carbocycles. The van der Waals surface area contributed by atoms with E-state index in [0.717, 1.165) is 21.6 Å². The number of hydrogen-bond acceptors (Lipinski definition) is 1. The van der Waals surface area contributed by atoms with Crippen molar-refractivity contribution in [3.05, 3.63) is 63.1 Å². The SMILES string of the molecule is CC1CCC(Nc2cc(Br)ccc2Cl)c2ccccc21. The predicted octanol–water partition coefficient (Wildman–Crippen LogP) is 6.15. The zero-order valence-electron chi connectivity index (χ0n) is 11.4. The lowest BCUT2D eigenvalue weighted by Gasteiger charge is -2.31. The number of anilines is 1. The molecule has 0 aromatic heterocycles. The maximum atomic E-state index is 6.29. The topological polar surface area (TPSA) is 12.0 Å². The highest BCUT2D eigenvalue weighted by Crippen LogP contribution is 2.40. The van der Waals surface area contributed by atoms with Crippen LogP contribution >= 0.6 is 27.5 Å². The van der Waals surface area contributed by atoms with Crippen molar-refractivity contribution in [1.29, 1.82) is 0 Å². The Balaban J connectivity index is 1.92.